The lowest BCUT2D eigenvalue weighted by molar-refractivity contribution is 0.102. The van der Waals surface area contributed by atoms with E-state index in [0.717, 1.165) is 0 Å². The average molecular weight is 397 g/mol. The molecule has 0 fully saturated rings. The smallest absolute Gasteiger partial charge is 0.260 e. The van der Waals surface area contributed by atoms with E-state index in [1.807, 2.05) is 32.0 Å². The maximum Gasteiger partial charge on any atom is 0.260 e. The molecule has 0 saturated carbocycles. The maximum atomic E-state index is 12.9. The summed E-state index contributed by atoms with van der Waals surface area (Å²) in [6, 6.07) is 10.4. The molecular formula is C21H23N3O5. The van der Waals surface area contributed by atoms with Crippen molar-refractivity contribution >= 4 is 11.6 Å². The lowest BCUT2D eigenvalue weighted by Crippen LogP contribution is -2.13. The Balaban J connectivity index is 1.94. The first kappa shape index (κ1) is 20.2. The highest BCUT2D eigenvalue weighted by molar-refractivity contribution is 6.06. The Morgan fingerprint density at radius 3 is 2.24 bits per heavy atom. The van der Waals surface area contributed by atoms with Gasteiger partial charge in [0.05, 0.1) is 32.6 Å². The fourth-order valence-corrected chi connectivity index (χ4v) is 2.76. The molecule has 0 radical (unpaired) electrons. The number of aromatic nitrogens is 2. The zero-order valence-electron chi connectivity index (χ0n) is 17.0. The quantitative estimate of drug-likeness (QED) is 0.640. The fourth-order valence-electron chi connectivity index (χ4n) is 2.76. The van der Waals surface area contributed by atoms with Crippen LogP contribution in [0.25, 0.3) is 11.5 Å². The SMILES string of the molecule is COc1cc(C(=O)Nc2ccccc2-c2nc(C(C)C)no2)cc(OC)c1OC. The maximum absolute atomic E-state index is 12.9. The Morgan fingerprint density at radius 1 is 1.03 bits per heavy atom. The molecule has 1 amide bonds. The van der Waals surface area contributed by atoms with E-state index in [4.69, 9.17) is 18.7 Å². The summed E-state index contributed by atoms with van der Waals surface area (Å²) in [4.78, 5) is 17.3. The third-order valence-electron chi connectivity index (χ3n) is 4.29. The topological polar surface area (TPSA) is 95.7 Å². The summed E-state index contributed by atoms with van der Waals surface area (Å²) >= 11 is 0. The van der Waals surface area contributed by atoms with Crippen LogP contribution in [-0.2, 0) is 0 Å². The molecule has 2 aromatic carbocycles. The summed E-state index contributed by atoms with van der Waals surface area (Å²) in [5, 5.41) is 6.87. The molecule has 1 heterocycles. The number of carbonyl (C=O) groups is 1. The van der Waals surface area contributed by atoms with E-state index in [-0.39, 0.29) is 11.8 Å². The van der Waals surface area contributed by atoms with Gasteiger partial charge in [-0.05, 0) is 24.3 Å². The number of para-hydroxylation sites is 1. The highest BCUT2D eigenvalue weighted by atomic mass is 16.5. The largest absolute Gasteiger partial charge is 0.493 e. The zero-order chi connectivity index (χ0) is 21.0. The number of nitrogens with zero attached hydrogens (tertiary/aromatic N) is 2. The van der Waals surface area contributed by atoms with Crippen LogP contribution >= 0.6 is 0 Å². The van der Waals surface area contributed by atoms with Crippen molar-refractivity contribution in [3.63, 3.8) is 0 Å². The Kier molecular flexibility index (Phi) is 6.01. The molecule has 0 atom stereocenters. The van der Waals surface area contributed by atoms with Crippen LogP contribution in [0, 0.1) is 0 Å². The number of hydrogen-bond donors (Lipinski definition) is 1. The van der Waals surface area contributed by atoms with Crippen LogP contribution < -0.4 is 19.5 Å². The number of rotatable bonds is 7. The number of ether oxygens (including phenoxy) is 3. The minimum absolute atomic E-state index is 0.133. The summed E-state index contributed by atoms with van der Waals surface area (Å²) in [6.07, 6.45) is 0. The molecule has 3 rings (SSSR count). The second-order valence-electron chi connectivity index (χ2n) is 6.53. The molecule has 1 N–H and O–H groups in total. The van der Waals surface area contributed by atoms with Gasteiger partial charge in [-0.3, -0.25) is 4.79 Å². The molecule has 152 valence electrons. The van der Waals surface area contributed by atoms with Gasteiger partial charge in [0.15, 0.2) is 17.3 Å². The van der Waals surface area contributed by atoms with Crippen LogP contribution in [0.1, 0.15) is 35.9 Å². The molecule has 0 spiro atoms. The highest BCUT2D eigenvalue weighted by Crippen LogP contribution is 2.38. The summed E-state index contributed by atoms with van der Waals surface area (Å²) in [5.41, 5.74) is 1.53. The molecule has 0 aliphatic rings. The summed E-state index contributed by atoms with van der Waals surface area (Å²) < 4.78 is 21.3. The third-order valence-corrected chi connectivity index (χ3v) is 4.29. The van der Waals surface area contributed by atoms with Crippen molar-refractivity contribution in [2.24, 2.45) is 0 Å². The van der Waals surface area contributed by atoms with Crippen molar-refractivity contribution in [1.29, 1.82) is 0 Å². The number of hydrogen-bond acceptors (Lipinski definition) is 7. The highest BCUT2D eigenvalue weighted by Gasteiger charge is 2.19. The van der Waals surface area contributed by atoms with Crippen molar-refractivity contribution in [2.45, 2.75) is 19.8 Å². The van der Waals surface area contributed by atoms with E-state index in [1.165, 1.54) is 21.3 Å². The van der Waals surface area contributed by atoms with E-state index in [0.29, 0.717) is 45.8 Å². The number of benzene rings is 2. The van der Waals surface area contributed by atoms with E-state index < -0.39 is 0 Å². The predicted octanol–water partition coefficient (Wildman–Crippen LogP) is 4.14. The van der Waals surface area contributed by atoms with Crippen molar-refractivity contribution in [3.8, 4) is 28.7 Å². The number of nitrogens with one attached hydrogen (secondary N) is 1. The van der Waals surface area contributed by atoms with E-state index in [2.05, 4.69) is 15.5 Å². The molecule has 0 aliphatic heterocycles. The lowest BCUT2D eigenvalue weighted by Gasteiger charge is -2.14. The van der Waals surface area contributed by atoms with Crippen LogP contribution in [0.4, 0.5) is 5.69 Å². The monoisotopic (exact) mass is 397 g/mol. The summed E-state index contributed by atoms with van der Waals surface area (Å²) in [5.74, 6) is 1.93. The lowest BCUT2D eigenvalue weighted by atomic mass is 10.1. The standard InChI is InChI=1S/C21H23N3O5/c1-12(2)19-23-21(29-24-19)14-8-6-7-9-15(14)22-20(25)13-10-16(26-3)18(28-5)17(11-13)27-4/h6-12H,1-5H3,(H,22,25). The van der Waals surface area contributed by atoms with Gasteiger partial charge in [-0.2, -0.15) is 4.98 Å². The molecular weight excluding hydrogens is 374 g/mol. The van der Waals surface area contributed by atoms with Gasteiger partial charge in [-0.25, -0.2) is 0 Å². The second-order valence-corrected chi connectivity index (χ2v) is 6.53. The molecule has 0 saturated heterocycles. The first-order valence-corrected chi connectivity index (χ1v) is 9.02. The normalized spacial score (nSPS) is 10.7. The molecule has 8 nitrogen and oxygen atoms in total. The molecule has 8 heteroatoms. The van der Waals surface area contributed by atoms with Gasteiger partial charge in [0.2, 0.25) is 5.75 Å². The fraction of sp³-hybridized carbons (Fsp3) is 0.286. The van der Waals surface area contributed by atoms with E-state index in [1.54, 1.807) is 18.2 Å². The molecule has 3 aromatic rings. The molecule has 1 aromatic heterocycles. The minimum atomic E-state index is -0.347. The van der Waals surface area contributed by atoms with Crippen molar-refractivity contribution < 1.29 is 23.5 Å². The van der Waals surface area contributed by atoms with Gasteiger partial charge in [-0.15, -0.1) is 0 Å². The third kappa shape index (κ3) is 4.16. The van der Waals surface area contributed by atoms with Gasteiger partial charge in [-0.1, -0.05) is 31.1 Å². The van der Waals surface area contributed by atoms with Crippen LogP contribution in [0.2, 0.25) is 0 Å². The molecule has 0 aliphatic carbocycles. The van der Waals surface area contributed by atoms with Gasteiger partial charge in [0, 0.05) is 11.5 Å². The Labute approximate surface area is 168 Å². The Bertz CT molecular complexity index is 988. The van der Waals surface area contributed by atoms with Crippen molar-refractivity contribution in [1.82, 2.24) is 10.1 Å². The number of methoxy groups -OCH3 is 3. The first-order chi connectivity index (χ1) is 14.0. The van der Waals surface area contributed by atoms with E-state index >= 15 is 0 Å². The second kappa shape index (κ2) is 8.64. The molecule has 0 bridgehead atoms. The van der Waals surface area contributed by atoms with Gasteiger partial charge < -0.3 is 24.1 Å². The average Bonchev–Trinajstić information content (AvgIpc) is 3.23. The number of carbonyl (C=O) groups excluding carboxylic acids is 1. The molecule has 0 unspecified atom stereocenters. The van der Waals surface area contributed by atoms with Crippen LogP contribution in [0.3, 0.4) is 0 Å². The summed E-state index contributed by atoms with van der Waals surface area (Å²) in [6.45, 7) is 3.96. The van der Waals surface area contributed by atoms with Crippen molar-refractivity contribution in [3.05, 3.63) is 47.8 Å². The van der Waals surface area contributed by atoms with Gasteiger partial charge in [0.1, 0.15) is 0 Å². The van der Waals surface area contributed by atoms with Gasteiger partial charge >= 0.3 is 0 Å². The Hall–Kier alpha value is -3.55. The Morgan fingerprint density at radius 2 is 1.69 bits per heavy atom. The van der Waals surface area contributed by atoms with Gasteiger partial charge in [0.25, 0.3) is 11.8 Å². The zero-order valence-corrected chi connectivity index (χ0v) is 17.0. The van der Waals surface area contributed by atoms with Crippen LogP contribution in [0.5, 0.6) is 17.2 Å². The summed E-state index contributed by atoms with van der Waals surface area (Å²) in [7, 11) is 4.50. The predicted molar refractivity (Wildman–Crippen MR) is 108 cm³/mol. The van der Waals surface area contributed by atoms with Crippen LogP contribution in [-0.4, -0.2) is 37.4 Å². The van der Waals surface area contributed by atoms with Crippen LogP contribution in [0.15, 0.2) is 40.9 Å². The first-order valence-electron chi connectivity index (χ1n) is 9.02. The van der Waals surface area contributed by atoms with Crippen molar-refractivity contribution in [2.75, 3.05) is 26.6 Å². The minimum Gasteiger partial charge on any atom is -0.493 e. The van der Waals surface area contributed by atoms with E-state index in [9.17, 15) is 4.79 Å². The number of amides is 1. The molecule has 29 heavy (non-hydrogen) atoms. The number of anilines is 1.